The molecule has 0 unspecified atom stereocenters. The minimum atomic E-state index is -0.265. The van der Waals surface area contributed by atoms with Crippen LogP contribution < -0.4 is 20.7 Å². The molecule has 14 nitrogen and oxygen atoms in total. The van der Waals surface area contributed by atoms with Crippen molar-refractivity contribution in [2.45, 2.75) is 51.7 Å². The number of benzene rings is 1. The second-order valence-electron chi connectivity index (χ2n) is 12.0. The number of nitrogens with one attached hydrogen (secondary N) is 4. The topological polar surface area (TPSA) is 168 Å². The summed E-state index contributed by atoms with van der Waals surface area (Å²) in [5.41, 5.74) is 5.17. The van der Waals surface area contributed by atoms with Crippen molar-refractivity contribution in [1.29, 1.82) is 0 Å². The van der Waals surface area contributed by atoms with Crippen LogP contribution in [0.2, 0.25) is 0 Å². The Balaban J connectivity index is 0.957. The lowest BCUT2D eigenvalue weighted by atomic mass is 10.1. The van der Waals surface area contributed by atoms with Gasteiger partial charge in [0.2, 0.25) is 17.6 Å². The molecule has 238 valence electrons. The molecule has 4 aromatic heterocycles. The van der Waals surface area contributed by atoms with Gasteiger partial charge in [-0.3, -0.25) is 19.2 Å². The van der Waals surface area contributed by atoms with Crippen LogP contribution in [0.3, 0.4) is 0 Å². The van der Waals surface area contributed by atoms with E-state index >= 15 is 0 Å². The van der Waals surface area contributed by atoms with Gasteiger partial charge in [0.1, 0.15) is 6.10 Å². The van der Waals surface area contributed by atoms with Gasteiger partial charge >= 0.3 is 0 Å². The number of para-hydroxylation sites is 1. The molecule has 7 rings (SSSR count). The van der Waals surface area contributed by atoms with E-state index in [2.05, 4.69) is 41.1 Å². The number of anilines is 3. The molecule has 4 N–H and O–H groups in total. The third-order valence-corrected chi connectivity index (χ3v) is 8.38. The molecule has 0 spiro atoms. The van der Waals surface area contributed by atoms with E-state index in [0.717, 1.165) is 59.1 Å². The van der Waals surface area contributed by atoms with E-state index < -0.39 is 0 Å². The van der Waals surface area contributed by atoms with Gasteiger partial charge in [-0.1, -0.05) is 12.1 Å². The van der Waals surface area contributed by atoms with Gasteiger partial charge in [0, 0.05) is 61.3 Å². The number of fused-ring (bicyclic) bond motifs is 1. The molecule has 2 aliphatic rings. The molecular weight excluding hydrogens is 588 g/mol. The third kappa shape index (κ3) is 6.42. The fourth-order valence-electron chi connectivity index (χ4n) is 5.62. The Hall–Kier alpha value is -5.24. The van der Waals surface area contributed by atoms with Gasteiger partial charge < -0.3 is 30.2 Å². The molecule has 46 heavy (non-hydrogen) atoms. The number of rotatable bonds is 10. The average Bonchev–Trinajstić information content (AvgIpc) is 3.39. The van der Waals surface area contributed by atoms with E-state index in [1.54, 1.807) is 10.9 Å². The predicted molar refractivity (Wildman–Crippen MR) is 171 cm³/mol. The van der Waals surface area contributed by atoms with Gasteiger partial charge in [0.15, 0.2) is 5.82 Å². The van der Waals surface area contributed by atoms with Gasteiger partial charge in [-0.25, -0.2) is 9.97 Å². The lowest BCUT2D eigenvalue weighted by Gasteiger charge is -2.31. The summed E-state index contributed by atoms with van der Waals surface area (Å²) in [6.45, 7) is 5.61. The van der Waals surface area contributed by atoms with Gasteiger partial charge in [0.05, 0.1) is 29.5 Å². The van der Waals surface area contributed by atoms with Crippen molar-refractivity contribution in [2.75, 3.05) is 30.3 Å². The van der Waals surface area contributed by atoms with Gasteiger partial charge in [-0.15, -0.1) is 0 Å². The Labute approximate surface area is 264 Å². The first-order valence-corrected chi connectivity index (χ1v) is 15.5. The van der Waals surface area contributed by atoms with Gasteiger partial charge in [0.25, 0.3) is 11.8 Å². The van der Waals surface area contributed by atoms with Crippen LogP contribution in [0.4, 0.5) is 17.5 Å². The lowest BCUT2D eigenvalue weighted by Crippen LogP contribution is -2.42. The minimum Gasteiger partial charge on any atom is -0.472 e. The van der Waals surface area contributed by atoms with Crippen LogP contribution >= 0.6 is 0 Å². The molecular formula is C32H36N10O4. The molecule has 1 saturated heterocycles. The van der Waals surface area contributed by atoms with Crippen molar-refractivity contribution in [3.63, 3.8) is 0 Å². The number of aromatic nitrogens is 6. The Kier molecular flexibility index (Phi) is 7.86. The molecule has 1 aliphatic carbocycles. The van der Waals surface area contributed by atoms with E-state index in [4.69, 9.17) is 14.2 Å². The highest BCUT2D eigenvalue weighted by Crippen LogP contribution is 2.33. The van der Waals surface area contributed by atoms with Gasteiger partial charge in [-0.05, 0) is 56.3 Å². The molecule has 1 saturated carbocycles. The molecule has 2 amide bonds. The number of H-pyrrole nitrogens is 1. The quantitative estimate of drug-likeness (QED) is 0.178. The van der Waals surface area contributed by atoms with Gasteiger partial charge in [-0.2, -0.15) is 5.10 Å². The summed E-state index contributed by atoms with van der Waals surface area (Å²) in [6.07, 6.45) is 7.09. The molecule has 5 heterocycles. The first-order valence-electron chi connectivity index (χ1n) is 15.5. The number of amides is 2. The van der Waals surface area contributed by atoms with Crippen molar-refractivity contribution >= 4 is 40.2 Å². The minimum absolute atomic E-state index is 0.0658. The maximum absolute atomic E-state index is 13.1. The van der Waals surface area contributed by atoms with Crippen LogP contribution in [0.1, 0.15) is 47.5 Å². The van der Waals surface area contributed by atoms with Crippen LogP contribution in [0.15, 0.2) is 47.2 Å². The number of aromatic amines is 1. The number of hydrogen-bond acceptors (Lipinski definition) is 10. The van der Waals surface area contributed by atoms with Crippen LogP contribution in [-0.4, -0.2) is 78.4 Å². The molecule has 0 bridgehead atoms. The number of carbonyl (C=O) groups excluding carboxylic acids is 2. The summed E-state index contributed by atoms with van der Waals surface area (Å²) in [6, 6.07) is 9.54. The molecule has 0 radical (unpaired) electrons. The summed E-state index contributed by atoms with van der Waals surface area (Å²) in [7, 11) is 1.89. The summed E-state index contributed by atoms with van der Waals surface area (Å²) in [4.78, 5) is 40.0. The van der Waals surface area contributed by atoms with E-state index in [1.165, 1.54) is 6.07 Å². The fraction of sp³-hybridized carbons (Fsp3) is 0.375. The normalized spacial score (nSPS) is 15.6. The fourth-order valence-corrected chi connectivity index (χ4v) is 5.62. The zero-order valence-corrected chi connectivity index (χ0v) is 26.0. The highest BCUT2D eigenvalue weighted by atomic mass is 16.5. The second-order valence-corrected chi connectivity index (χ2v) is 12.0. The first-order chi connectivity index (χ1) is 22.3. The van der Waals surface area contributed by atoms with Crippen molar-refractivity contribution < 1.29 is 18.8 Å². The van der Waals surface area contributed by atoms with E-state index in [0.29, 0.717) is 36.4 Å². The number of hydrogen-bond donors (Lipinski definition) is 4. The second kappa shape index (κ2) is 12.3. The summed E-state index contributed by atoms with van der Waals surface area (Å²) >= 11 is 0. The van der Waals surface area contributed by atoms with E-state index in [9.17, 15) is 9.59 Å². The first kappa shape index (κ1) is 29.5. The molecule has 0 atom stereocenters. The number of likely N-dealkylation sites (tertiary alicyclic amines) is 1. The number of carbonyl (C=O) groups is 2. The molecule has 1 aliphatic heterocycles. The zero-order chi connectivity index (χ0) is 31.8. The standard InChI is InChI=1S/C32H36N10O4/c1-18-15-34-32(37-26-13-19(2)41(3)39-26)38-29(18)23-16-33-30-22(23)5-4-6-24(30)36-27(43)17-42-11-9-21(10-12-42)45-28-14-25(46-40-28)31(44)35-20-7-8-20/h4-6,13-16,20-21,33H,7-12,17H2,1-3H3,(H,35,44)(H,36,43)(H,34,37,38,39). The smallest absolute Gasteiger partial charge is 0.290 e. The zero-order valence-electron chi connectivity index (χ0n) is 26.0. The highest BCUT2D eigenvalue weighted by Gasteiger charge is 2.27. The Morgan fingerprint density at radius 2 is 1.96 bits per heavy atom. The largest absolute Gasteiger partial charge is 0.472 e. The monoisotopic (exact) mass is 624 g/mol. The van der Waals surface area contributed by atoms with Crippen molar-refractivity contribution in [1.82, 2.24) is 40.1 Å². The Morgan fingerprint density at radius 1 is 1.13 bits per heavy atom. The maximum atomic E-state index is 13.1. The molecule has 2 fully saturated rings. The number of piperidine rings is 1. The van der Waals surface area contributed by atoms with Crippen molar-refractivity contribution in [3.05, 3.63) is 59.7 Å². The molecule has 5 aromatic rings. The molecule has 1 aromatic carbocycles. The summed E-state index contributed by atoms with van der Waals surface area (Å²) in [5, 5.41) is 18.4. The number of nitrogens with zero attached hydrogens (tertiary/aromatic N) is 6. The average molecular weight is 625 g/mol. The molecule has 14 heteroatoms. The van der Waals surface area contributed by atoms with E-state index in [1.807, 2.05) is 51.4 Å². The Morgan fingerprint density at radius 3 is 2.72 bits per heavy atom. The third-order valence-electron chi connectivity index (χ3n) is 8.38. The Bertz CT molecular complexity index is 1880. The predicted octanol–water partition coefficient (Wildman–Crippen LogP) is 4.08. The number of ether oxygens (including phenoxy) is 1. The van der Waals surface area contributed by atoms with E-state index in [-0.39, 0.29) is 36.3 Å². The SMILES string of the molecule is Cc1cnc(Nc2cc(C)n(C)n2)nc1-c1c[nH]c2c(NC(=O)CN3CCC(Oc4cc(C(=O)NC5CC5)on4)CC3)cccc12. The van der Waals surface area contributed by atoms with Crippen molar-refractivity contribution in [3.8, 4) is 17.1 Å². The maximum Gasteiger partial charge on any atom is 0.290 e. The summed E-state index contributed by atoms with van der Waals surface area (Å²) < 4.78 is 12.9. The number of aryl methyl sites for hydroxylation is 3. The van der Waals surface area contributed by atoms with Crippen LogP contribution in [-0.2, 0) is 11.8 Å². The van der Waals surface area contributed by atoms with Crippen LogP contribution in [0, 0.1) is 13.8 Å². The highest BCUT2D eigenvalue weighted by molar-refractivity contribution is 6.06. The lowest BCUT2D eigenvalue weighted by molar-refractivity contribution is -0.117. The van der Waals surface area contributed by atoms with Crippen LogP contribution in [0.25, 0.3) is 22.2 Å². The van der Waals surface area contributed by atoms with Crippen molar-refractivity contribution in [2.24, 2.45) is 7.05 Å². The summed E-state index contributed by atoms with van der Waals surface area (Å²) in [5.74, 6) is 1.23. The van der Waals surface area contributed by atoms with Crippen LogP contribution in [0.5, 0.6) is 5.88 Å².